The topological polar surface area (TPSA) is 29.8 Å². The number of benzene rings is 1. The summed E-state index contributed by atoms with van der Waals surface area (Å²) in [4.78, 5) is 6.98. The van der Waals surface area contributed by atoms with Gasteiger partial charge in [0.1, 0.15) is 11.4 Å². The maximum atomic E-state index is 5.72. The molecule has 0 N–H and O–H groups in total. The van der Waals surface area contributed by atoms with E-state index in [4.69, 9.17) is 9.72 Å². The summed E-state index contributed by atoms with van der Waals surface area (Å²) in [7, 11) is 4.15. The number of hydrogen-bond acceptors (Lipinski definition) is 3. The molecule has 120 valence electrons. The zero-order valence-corrected chi connectivity index (χ0v) is 14.2. The molecular formula is C19H23N3O. The van der Waals surface area contributed by atoms with Crippen molar-refractivity contribution in [2.75, 3.05) is 14.1 Å². The molecule has 0 saturated heterocycles. The first-order valence-electron chi connectivity index (χ1n) is 7.92. The van der Waals surface area contributed by atoms with Crippen molar-refractivity contribution in [2.24, 2.45) is 0 Å². The van der Waals surface area contributed by atoms with E-state index in [1.54, 1.807) is 0 Å². The molecule has 4 heteroatoms. The summed E-state index contributed by atoms with van der Waals surface area (Å²) in [6.45, 7) is 4.90. The standard InChI is InChI=1S/C19H23N3O/c1-14(2)23-16-10-8-15(9-11-16)19-17(13-21(3)4)22-12-6-5-7-18(22)20-19/h5-12,14H,13H2,1-4H3. The average Bonchev–Trinajstić information content (AvgIpc) is 2.86. The first-order valence-corrected chi connectivity index (χ1v) is 7.92. The monoisotopic (exact) mass is 309 g/mol. The molecule has 4 nitrogen and oxygen atoms in total. The van der Waals surface area contributed by atoms with Gasteiger partial charge in [-0.25, -0.2) is 4.98 Å². The molecule has 0 unspecified atom stereocenters. The second-order valence-electron chi connectivity index (χ2n) is 6.26. The van der Waals surface area contributed by atoms with E-state index in [1.807, 2.05) is 44.2 Å². The van der Waals surface area contributed by atoms with E-state index >= 15 is 0 Å². The van der Waals surface area contributed by atoms with Crippen LogP contribution in [-0.4, -0.2) is 34.5 Å². The Morgan fingerprint density at radius 1 is 1.09 bits per heavy atom. The van der Waals surface area contributed by atoms with Crippen molar-refractivity contribution in [1.82, 2.24) is 14.3 Å². The summed E-state index contributed by atoms with van der Waals surface area (Å²) in [6.07, 6.45) is 2.25. The molecule has 3 rings (SSSR count). The molecule has 0 fully saturated rings. The fourth-order valence-electron chi connectivity index (χ4n) is 2.69. The summed E-state index contributed by atoms with van der Waals surface area (Å²) in [5.74, 6) is 0.890. The lowest BCUT2D eigenvalue weighted by Crippen LogP contribution is -2.13. The summed E-state index contributed by atoms with van der Waals surface area (Å²) in [5.41, 5.74) is 4.31. The molecule has 0 aliphatic carbocycles. The minimum Gasteiger partial charge on any atom is -0.491 e. The molecule has 0 amide bonds. The molecule has 0 spiro atoms. The quantitative estimate of drug-likeness (QED) is 0.717. The number of aromatic nitrogens is 2. The summed E-state index contributed by atoms with van der Waals surface area (Å²) >= 11 is 0. The van der Waals surface area contributed by atoms with Gasteiger partial charge in [-0.1, -0.05) is 6.07 Å². The number of fused-ring (bicyclic) bond motifs is 1. The summed E-state index contributed by atoms with van der Waals surface area (Å²) in [6, 6.07) is 14.3. The Morgan fingerprint density at radius 2 is 1.83 bits per heavy atom. The molecule has 0 saturated carbocycles. The van der Waals surface area contributed by atoms with Crippen molar-refractivity contribution in [3.8, 4) is 17.0 Å². The minimum absolute atomic E-state index is 0.181. The Labute approximate surface area is 137 Å². The Balaban J connectivity index is 2.04. The Bertz CT molecular complexity index is 788. The number of imidazole rings is 1. The van der Waals surface area contributed by atoms with Crippen LogP contribution in [0.5, 0.6) is 5.75 Å². The Hall–Kier alpha value is -2.33. The highest BCUT2D eigenvalue weighted by atomic mass is 16.5. The van der Waals surface area contributed by atoms with Crippen LogP contribution in [0.3, 0.4) is 0 Å². The van der Waals surface area contributed by atoms with E-state index in [1.165, 1.54) is 5.69 Å². The van der Waals surface area contributed by atoms with Gasteiger partial charge in [0.2, 0.25) is 0 Å². The van der Waals surface area contributed by atoms with E-state index in [0.717, 1.165) is 29.2 Å². The van der Waals surface area contributed by atoms with E-state index < -0.39 is 0 Å². The SMILES string of the molecule is CC(C)Oc1ccc(-c2nc3ccccn3c2CN(C)C)cc1. The molecule has 0 aliphatic heterocycles. The zero-order chi connectivity index (χ0) is 16.4. The van der Waals surface area contributed by atoms with E-state index in [9.17, 15) is 0 Å². The maximum absolute atomic E-state index is 5.72. The van der Waals surface area contributed by atoms with Gasteiger partial charge in [0.15, 0.2) is 0 Å². The van der Waals surface area contributed by atoms with Crippen LogP contribution in [0.25, 0.3) is 16.9 Å². The van der Waals surface area contributed by atoms with Gasteiger partial charge in [0.05, 0.1) is 17.5 Å². The van der Waals surface area contributed by atoms with Crippen LogP contribution >= 0.6 is 0 Å². The lowest BCUT2D eigenvalue weighted by Gasteiger charge is -2.12. The lowest BCUT2D eigenvalue weighted by atomic mass is 10.1. The molecule has 2 aromatic heterocycles. The highest BCUT2D eigenvalue weighted by Crippen LogP contribution is 2.27. The van der Waals surface area contributed by atoms with Crippen molar-refractivity contribution in [1.29, 1.82) is 0 Å². The number of hydrogen-bond donors (Lipinski definition) is 0. The average molecular weight is 309 g/mol. The van der Waals surface area contributed by atoms with Gasteiger partial charge in [-0.2, -0.15) is 0 Å². The van der Waals surface area contributed by atoms with Crippen molar-refractivity contribution in [3.05, 3.63) is 54.4 Å². The van der Waals surface area contributed by atoms with Crippen molar-refractivity contribution >= 4 is 5.65 Å². The van der Waals surface area contributed by atoms with Crippen LogP contribution in [0.1, 0.15) is 19.5 Å². The third kappa shape index (κ3) is 3.37. The molecule has 3 aromatic rings. The fraction of sp³-hybridized carbons (Fsp3) is 0.316. The minimum atomic E-state index is 0.181. The van der Waals surface area contributed by atoms with Gasteiger partial charge >= 0.3 is 0 Å². The number of pyridine rings is 1. The number of nitrogens with zero attached hydrogens (tertiary/aromatic N) is 3. The second-order valence-corrected chi connectivity index (χ2v) is 6.26. The van der Waals surface area contributed by atoms with Crippen molar-refractivity contribution in [3.63, 3.8) is 0 Å². The van der Waals surface area contributed by atoms with Crippen LogP contribution in [-0.2, 0) is 6.54 Å². The van der Waals surface area contributed by atoms with Crippen LogP contribution < -0.4 is 4.74 Å². The molecule has 23 heavy (non-hydrogen) atoms. The predicted octanol–water partition coefficient (Wildman–Crippen LogP) is 3.85. The maximum Gasteiger partial charge on any atom is 0.137 e. The van der Waals surface area contributed by atoms with E-state index in [0.29, 0.717) is 0 Å². The molecule has 0 bridgehead atoms. The molecule has 0 radical (unpaired) electrons. The Kier molecular flexibility index (Phi) is 4.35. The van der Waals surface area contributed by atoms with E-state index in [-0.39, 0.29) is 6.10 Å². The molecule has 0 atom stereocenters. The van der Waals surface area contributed by atoms with Crippen LogP contribution in [0, 0.1) is 0 Å². The van der Waals surface area contributed by atoms with Gasteiger partial charge in [0.25, 0.3) is 0 Å². The third-order valence-electron chi connectivity index (χ3n) is 3.59. The van der Waals surface area contributed by atoms with Crippen LogP contribution in [0.4, 0.5) is 0 Å². The molecule has 0 aliphatic rings. The molecule has 2 heterocycles. The van der Waals surface area contributed by atoms with Gasteiger partial charge in [0, 0.05) is 18.3 Å². The normalized spacial score (nSPS) is 11.6. The summed E-state index contributed by atoms with van der Waals surface area (Å²) < 4.78 is 7.89. The first kappa shape index (κ1) is 15.6. The highest BCUT2D eigenvalue weighted by Gasteiger charge is 2.14. The smallest absolute Gasteiger partial charge is 0.137 e. The Morgan fingerprint density at radius 3 is 2.48 bits per heavy atom. The lowest BCUT2D eigenvalue weighted by molar-refractivity contribution is 0.242. The number of rotatable bonds is 5. The predicted molar refractivity (Wildman–Crippen MR) is 93.8 cm³/mol. The van der Waals surface area contributed by atoms with Crippen molar-refractivity contribution in [2.45, 2.75) is 26.5 Å². The molecular weight excluding hydrogens is 286 g/mol. The van der Waals surface area contributed by atoms with Gasteiger partial charge in [-0.3, -0.25) is 0 Å². The second kappa shape index (κ2) is 6.42. The zero-order valence-electron chi connectivity index (χ0n) is 14.2. The fourth-order valence-corrected chi connectivity index (χ4v) is 2.69. The summed E-state index contributed by atoms with van der Waals surface area (Å²) in [5, 5.41) is 0. The van der Waals surface area contributed by atoms with Gasteiger partial charge < -0.3 is 14.0 Å². The van der Waals surface area contributed by atoms with E-state index in [2.05, 4.69) is 41.7 Å². The number of ether oxygens (including phenoxy) is 1. The first-order chi connectivity index (χ1) is 11.0. The van der Waals surface area contributed by atoms with Gasteiger partial charge in [-0.05, 0) is 64.3 Å². The van der Waals surface area contributed by atoms with Gasteiger partial charge in [-0.15, -0.1) is 0 Å². The van der Waals surface area contributed by atoms with Crippen LogP contribution in [0.2, 0.25) is 0 Å². The highest BCUT2D eigenvalue weighted by molar-refractivity contribution is 5.67. The third-order valence-corrected chi connectivity index (χ3v) is 3.59. The van der Waals surface area contributed by atoms with Crippen LogP contribution in [0.15, 0.2) is 48.7 Å². The molecule has 1 aromatic carbocycles. The van der Waals surface area contributed by atoms with Crippen molar-refractivity contribution < 1.29 is 4.74 Å². The largest absolute Gasteiger partial charge is 0.491 e.